The summed E-state index contributed by atoms with van der Waals surface area (Å²) in [7, 11) is 0. The van der Waals surface area contributed by atoms with E-state index in [1.54, 1.807) is 17.4 Å². The molecule has 3 aromatic heterocycles. The predicted molar refractivity (Wildman–Crippen MR) is 102 cm³/mol. The van der Waals surface area contributed by atoms with E-state index >= 15 is 0 Å². The number of hydrogen-bond acceptors (Lipinski definition) is 6. The molecule has 3 N–H and O–H groups in total. The van der Waals surface area contributed by atoms with Gasteiger partial charge in [0.2, 0.25) is 5.82 Å². The third-order valence-electron chi connectivity index (χ3n) is 3.51. The van der Waals surface area contributed by atoms with Crippen LogP contribution in [0.5, 0.6) is 0 Å². The molecule has 0 aliphatic rings. The van der Waals surface area contributed by atoms with Gasteiger partial charge in [0.1, 0.15) is 16.1 Å². The van der Waals surface area contributed by atoms with Crippen molar-refractivity contribution in [2.24, 2.45) is 0 Å². The van der Waals surface area contributed by atoms with Crippen molar-refractivity contribution in [3.63, 3.8) is 0 Å². The molecule has 154 valence electrons. The molecule has 0 bridgehead atoms. The zero-order valence-electron chi connectivity index (χ0n) is 14.6. The number of alkyl halides is 3. The van der Waals surface area contributed by atoms with Crippen LogP contribution in [0.15, 0.2) is 47.3 Å². The first-order valence-corrected chi connectivity index (χ1v) is 8.77. The number of halogens is 4. The minimum Gasteiger partial charge on any atom is -0.465 e. The van der Waals surface area contributed by atoms with Gasteiger partial charge in [0, 0.05) is 17.8 Å². The predicted octanol–water partition coefficient (Wildman–Crippen LogP) is 4.06. The number of rotatable bonds is 4. The van der Waals surface area contributed by atoms with Gasteiger partial charge in [-0.15, -0.1) is 0 Å². The standard InChI is InChI=1S/C17H10BrF3N6O3/c18-12-3-1-2-9(23-12)14(28)24-11-7-22-5-4-8(11)10-6-13(27-16(29)30)26-15(25-10)17(19,20)21/h1-7H,(H,24,28)(H,29,30)(H,25,26,27). The monoisotopic (exact) mass is 482 g/mol. The first-order chi connectivity index (χ1) is 14.1. The summed E-state index contributed by atoms with van der Waals surface area (Å²) >= 11 is 3.14. The van der Waals surface area contributed by atoms with E-state index in [9.17, 15) is 22.8 Å². The van der Waals surface area contributed by atoms with Crippen molar-refractivity contribution in [2.75, 3.05) is 10.6 Å². The van der Waals surface area contributed by atoms with Crippen LogP contribution in [0.2, 0.25) is 0 Å². The highest BCUT2D eigenvalue weighted by molar-refractivity contribution is 9.10. The van der Waals surface area contributed by atoms with E-state index in [0.29, 0.717) is 4.60 Å². The fourth-order valence-electron chi connectivity index (χ4n) is 2.32. The normalized spacial score (nSPS) is 11.1. The van der Waals surface area contributed by atoms with Crippen molar-refractivity contribution in [1.82, 2.24) is 19.9 Å². The summed E-state index contributed by atoms with van der Waals surface area (Å²) in [4.78, 5) is 37.8. The van der Waals surface area contributed by atoms with Gasteiger partial charge in [-0.25, -0.2) is 19.7 Å². The van der Waals surface area contributed by atoms with E-state index in [2.05, 4.69) is 41.2 Å². The van der Waals surface area contributed by atoms with Gasteiger partial charge in [0.05, 0.1) is 17.6 Å². The zero-order chi connectivity index (χ0) is 21.9. The van der Waals surface area contributed by atoms with Crippen LogP contribution in [0.4, 0.5) is 29.5 Å². The Morgan fingerprint density at radius 3 is 2.50 bits per heavy atom. The molecule has 13 heteroatoms. The van der Waals surface area contributed by atoms with E-state index in [0.717, 1.165) is 6.07 Å². The van der Waals surface area contributed by atoms with Gasteiger partial charge in [-0.3, -0.25) is 15.1 Å². The molecule has 0 aliphatic carbocycles. The highest BCUT2D eigenvalue weighted by atomic mass is 79.9. The van der Waals surface area contributed by atoms with Crippen molar-refractivity contribution in [3.8, 4) is 11.3 Å². The number of amides is 2. The molecule has 2 amide bonds. The molecule has 3 aromatic rings. The van der Waals surface area contributed by atoms with Crippen LogP contribution in [0.3, 0.4) is 0 Å². The van der Waals surface area contributed by atoms with Gasteiger partial charge in [0.25, 0.3) is 5.91 Å². The van der Waals surface area contributed by atoms with Gasteiger partial charge in [-0.2, -0.15) is 13.2 Å². The lowest BCUT2D eigenvalue weighted by molar-refractivity contribution is -0.144. The van der Waals surface area contributed by atoms with Gasteiger partial charge >= 0.3 is 12.3 Å². The van der Waals surface area contributed by atoms with Crippen molar-refractivity contribution in [2.45, 2.75) is 6.18 Å². The van der Waals surface area contributed by atoms with Crippen LogP contribution in [-0.2, 0) is 6.18 Å². The smallest absolute Gasteiger partial charge is 0.451 e. The van der Waals surface area contributed by atoms with Gasteiger partial charge in [0.15, 0.2) is 0 Å². The average Bonchev–Trinajstić information content (AvgIpc) is 2.67. The fraction of sp³-hybridized carbons (Fsp3) is 0.0588. The Morgan fingerprint density at radius 2 is 1.83 bits per heavy atom. The number of carboxylic acid groups (broad SMARTS) is 1. The Labute approximate surface area is 174 Å². The molecule has 3 rings (SSSR count). The van der Waals surface area contributed by atoms with Crippen molar-refractivity contribution in [3.05, 3.63) is 58.8 Å². The minimum atomic E-state index is -4.93. The van der Waals surface area contributed by atoms with E-state index in [1.165, 1.54) is 24.5 Å². The number of pyridine rings is 2. The fourth-order valence-corrected chi connectivity index (χ4v) is 2.67. The minimum absolute atomic E-state index is 0.0392. The van der Waals surface area contributed by atoms with Crippen LogP contribution in [0, 0.1) is 0 Å². The Hall–Kier alpha value is -3.61. The largest absolute Gasteiger partial charge is 0.465 e. The summed E-state index contributed by atoms with van der Waals surface area (Å²) in [6.07, 6.45) is -4.04. The molecular weight excluding hydrogens is 473 g/mol. The lowest BCUT2D eigenvalue weighted by Crippen LogP contribution is -2.17. The highest BCUT2D eigenvalue weighted by Gasteiger charge is 2.36. The maximum atomic E-state index is 13.2. The average molecular weight is 483 g/mol. The number of anilines is 2. The Morgan fingerprint density at radius 1 is 1.07 bits per heavy atom. The summed E-state index contributed by atoms with van der Waals surface area (Å²) in [6.45, 7) is 0. The molecule has 0 saturated carbocycles. The molecule has 9 nitrogen and oxygen atoms in total. The second-order valence-corrected chi connectivity index (χ2v) is 6.42. The van der Waals surface area contributed by atoms with E-state index < -0.39 is 29.8 Å². The molecule has 0 aromatic carbocycles. The molecule has 0 fully saturated rings. The van der Waals surface area contributed by atoms with Crippen LogP contribution in [0.25, 0.3) is 11.3 Å². The SMILES string of the molecule is O=C(O)Nc1cc(-c2ccncc2NC(=O)c2cccc(Br)n2)nc(C(F)(F)F)n1. The van der Waals surface area contributed by atoms with Crippen molar-refractivity contribution in [1.29, 1.82) is 0 Å². The first-order valence-electron chi connectivity index (χ1n) is 7.98. The van der Waals surface area contributed by atoms with E-state index in [-0.39, 0.29) is 22.6 Å². The lowest BCUT2D eigenvalue weighted by atomic mass is 10.1. The van der Waals surface area contributed by atoms with E-state index in [1.807, 2.05) is 0 Å². The summed E-state index contributed by atoms with van der Waals surface area (Å²) in [6, 6.07) is 6.96. The van der Waals surface area contributed by atoms with Crippen LogP contribution >= 0.6 is 15.9 Å². The molecule has 0 radical (unpaired) electrons. The third kappa shape index (κ3) is 5.05. The van der Waals surface area contributed by atoms with Gasteiger partial charge in [-0.05, 0) is 34.1 Å². The molecule has 30 heavy (non-hydrogen) atoms. The maximum absolute atomic E-state index is 13.2. The zero-order valence-corrected chi connectivity index (χ0v) is 16.2. The number of aromatic nitrogens is 4. The molecule has 0 spiro atoms. The quantitative estimate of drug-likeness (QED) is 0.478. The second-order valence-electron chi connectivity index (χ2n) is 5.61. The third-order valence-corrected chi connectivity index (χ3v) is 3.95. The van der Waals surface area contributed by atoms with Crippen molar-refractivity contribution >= 4 is 39.4 Å². The summed E-state index contributed by atoms with van der Waals surface area (Å²) in [5.74, 6) is -2.77. The molecule has 0 unspecified atom stereocenters. The summed E-state index contributed by atoms with van der Waals surface area (Å²) in [5.41, 5.74) is -0.126. The number of hydrogen-bond donors (Lipinski definition) is 3. The first kappa shape index (κ1) is 21.1. The van der Waals surface area contributed by atoms with E-state index in [4.69, 9.17) is 5.11 Å². The van der Waals surface area contributed by atoms with Crippen LogP contribution in [0.1, 0.15) is 16.3 Å². The maximum Gasteiger partial charge on any atom is 0.451 e. The highest BCUT2D eigenvalue weighted by Crippen LogP contribution is 2.32. The Bertz CT molecular complexity index is 1130. The summed E-state index contributed by atoms with van der Waals surface area (Å²) in [5, 5.41) is 13.1. The van der Waals surface area contributed by atoms with Gasteiger partial charge < -0.3 is 10.4 Å². The topological polar surface area (TPSA) is 130 Å². The second kappa shape index (κ2) is 8.41. The molecular formula is C17H10BrF3N6O3. The summed E-state index contributed by atoms with van der Waals surface area (Å²) < 4.78 is 39.9. The molecule has 0 aliphatic heterocycles. The number of nitrogens with zero attached hydrogens (tertiary/aromatic N) is 4. The molecule has 3 heterocycles. The number of carbonyl (C=O) groups excluding carboxylic acids is 1. The molecule has 0 atom stereocenters. The van der Waals surface area contributed by atoms with Crippen LogP contribution < -0.4 is 10.6 Å². The lowest BCUT2D eigenvalue weighted by Gasteiger charge is -2.13. The Kier molecular flexibility index (Phi) is 5.91. The molecule has 0 saturated heterocycles. The van der Waals surface area contributed by atoms with Gasteiger partial charge in [-0.1, -0.05) is 6.07 Å². The van der Waals surface area contributed by atoms with Crippen molar-refractivity contribution < 1.29 is 27.9 Å². The Balaban J connectivity index is 2.04. The van der Waals surface area contributed by atoms with Crippen LogP contribution in [-0.4, -0.2) is 37.0 Å². The number of nitrogens with one attached hydrogen (secondary N) is 2. The number of carbonyl (C=O) groups is 2.